The van der Waals surface area contributed by atoms with Gasteiger partial charge in [-0.1, -0.05) is 13.8 Å². The lowest BCUT2D eigenvalue weighted by Gasteiger charge is -2.16. The summed E-state index contributed by atoms with van der Waals surface area (Å²) in [4.78, 5) is 11.0. The molecule has 0 heterocycles. The van der Waals surface area contributed by atoms with Crippen molar-refractivity contribution in [3.8, 4) is 0 Å². The number of hydrogen-bond acceptors (Lipinski definition) is 3. The van der Waals surface area contributed by atoms with Crippen LogP contribution >= 0.6 is 0 Å². The summed E-state index contributed by atoms with van der Waals surface area (Å²) in [5.41, 5.74) is 4.95. The minimum absolute atomic E-state index is 0.0673. The number of nitrogen functional groups attached to an aromatic ring is 1. The lowest BCUT2D eigenvalue weighted by Crippen LogP contribution is -2.37. The molecule has 0 saturated heterocycles. The van der Waals surface area contributed by atoms with Crippen molar-refractivity contribution in [2.75, 3.05) is 5.73 Å². The van der Waals surface area contributed by atoms with Gasteiger partial charge in [-0.05, 0) is 30.0 Å². The normalized spacial score (nSPS) is 12.7. The maximum atomic E-state index is 13.2. The first-order valence-corrected chi connectivity index (χ1v) is 6.00. The fraction of sp³-hybridized carbons (Fsp3) is 0.462. The van der Waals surface area contributed by atoms with E-state index in [0.717, 1.165) is 12.1 Å². The molecule has 1 aromatic rings. The van der Waals surface area contributed by atoms with Gasteiger partial charge in [0.1, 0.15) is 23.4 Å². The van der Waals surface area contributed by atoms with Gasteiger partial charge in [-0.2, -0.15) is 0 Å². The monoisotopic (exact) mass is 272 g/mol. The number of nitrogens with two attached hydrogens (primary N) is 1. The molecule has 106 valence electrons. The summed E-state index contributed by atoms with van der Waals surface area (Å²) in [5, 5.41) is 11.8. The van der Waals surface area contributed by atoms with E-state index in [1.165, 1.54) is 0 Å². The van der Waals surface area contributed by atoms with Crippen LogP contribution in [0.25, 0.3) is 0 Å². The first-order valence-electron chi connectivity index (χ1n) is 6.00. The molecule has 0 aliphatic carbocycles. The van der Waals surface area contributed by atoms with Crippen molar-refractivity contribution in [2.45, 2.75) is 32.9 Å². The number of hydrogen-bond donors (Lipinski definition) is 3. The highest BCUT2D eigenvalue weighted by Crippen LogP contribution is 2.17. The third kappa shape index (κ3) is 4.48. The third-order valence-electron chi connectivity index (χ3n) is 2.70. The summed E-state index contributed by atoms with van der Waals surface area (Å²) in [6.45, 7) is 3.87. The van der Waals surface area contributed by atoms with Crippen LogP contribution in [-0.2, 0) is 11.3 Å². The molecule has 0 spiro atoms. The lowest BCUT2D eigenvalue weighted by atomic mass is 10.0. The largest absolute Gasteiger partial charge is 0.480 e. The Labute approximate surface area is 110 Å². The van der Waals surface area contributed by atoms with E-state index in [2.05, 4.69) is 5.32 Å². The van der Waals surface area contributed by atoms with Crippen molar-refractivity contribution in [3.63, 3.8) is 0 Å². The Kier molecular flexibility index (Phi) is 5.23. The molecule has 0 amide bonds. The van der Waals surface area contributed by atoms with E-state index in [4.69, 9.17) is 10.8 Å². The predicted molar refractivity (Wildman–Crippen MR) is 68.5 cm³/mol. The summed E-state index contributed by atoms with van der Waals surface area (Å²) >= 11 is 0. The Balaban J connectivity index is 2.72. The molecule has 4 nitrogen and oxygen atoms in total. The van der Waals surface area contributed by atoms with E-state index in [-0.39, 0.29) is 12.5 Å². The van der Waals surface area contributed by atoms with E-state index in [1.807, 2.05) is 13.8 Å². The number of halogens is 2. The quantitative estimate of drug-likeness (QED) is 0.693. The van der Waals surface area contributed by atoms with Gasteiger partial charge in [-0.3, -0.25) is 4.79 Å². The minimum Gasteiger partial charge on any atom is -0.480 e. The summed E-state index contributed by atoms with van der Waals surface area (Å²) in [6, 6.07) is 1.45. The SMILES string of the molecule is CC(C)CC(NCc1cc(F)c(N)c(F)c1)C(=O)O. The van der Waals surface area contributed by atoms with Gasteiger partial charge in [0.15, 0.2) is 0 Å². The molecule has 0 bridgehead atoms. The van der Waals surface area contributed by atoms with Gasteiger partial charge in [0, 0.05) is 6.54 Å². The lowest BCUT2D eigenvalue weighted by molar-refractivity contribution is -0.140. The number of benzene rings is 1. The Bertz CT molecular complexity index is 441. The molecule has 1 aromatic carbocycles. The molecule has 0 aliphatic rings. The Hall–Kier alpha value is -1.69. The molecule has 4 N–H and O–H groups in total. The average molecular weight is 272 g/mol. The second-order valence-electron chi connectivity index (χ2n) is 4.87. The van der Waals surface area contributed by atoms with E-state index < -0.39 is 29.3 Å². The maximum absolute atomic E-state index is 13.2. The van der Waals surface area contributed by atoms with E-state index in [9.17, 15) is 13.6 Å². The number of rotatable bonds is 6. The van der Waals surface area contributed by atoms with Crippen LogP contribution in [-0.4, -0.2) is 17.1 Å². The Morgan fingerprint density at radius 1 is 1.37 bits per heavy atom. The topological polar surface area (TPSA) is 75.3 Å². The van der Waals surface area contributed by atoms with Gasteiger partial charge < -0.3 is 16.2 Å². The molecule has 0 radical (unpaired) electrons. The fourth-order valence-corrected chi connectivity index (χ4v) is 1.72. The van der Waals surface area contributed by atoms with E-state index >= 15 is 0 Å². The molecule has 0 aromatic heterocycles. The highest BCUT2D eigenvalue weighted by Gasteiger charge is 2.18. The summed E-state index contributed by atoms with van der Waals surface area (Å²) in [5.74, 6) is -2.46. The standard InChI is InChI=1S/C13H18F2N2O2/c1-7(2)3-11(13(18)19)17-6-8-4-9(14)12(16)10(15)5-8/h4-5,7,11,17H,3,6,16H2,1-2H3,(H,18,19). The zero-order chi connectivity index (χ0) is 14.6. The van der Waals surface area contributed by atoms with Crippen LogP contribution in [0.4, 0.5) is 14.5 Å². The highest BCUT2D eigenvalue weighted by molar-refractivity contribution is 5.73. The van der Waals surface area contributed by atoms with Crippen LogP contribution in [0.3, 0.4) is 0 Å². The van der Waals surface area contributed by atoms with Crippen LogP contribution in [0.5, 0.6) is 0 Å². The number of nitrogens with one attached hydrogen (secondary N) is 1. The average Bonchev–Trinajstić information content (AvgIpc) is 2.30. The Morgan fingerprint density at radius 3 is 2.32 bits per heavy atom. The van der Waals surface area contributed by atoms with E-state index in [0.29, 0.717) is 12.0 Å². The molecule has 1 unspecified atom stereocenters. The number of carboxylic acids is 1. The van der Waals surface area contributed by atoms with Gasteiger partial charge in [0.05, 0.1) is 0 Å². The van der Waals surface area contributed by atoms with Gasteiger partial charge >= 0.3 is 5.97 Å². The Morgan fingerprint density at radius 2 is 1.89 bits per heavy atom. The first-order chi connectivity index (χ1) is 8.81. The number of anilines is 1. The van der Waals surface area contributed by atoms with Gasteiger partial charge in [0.25, 0.3) is 0 Å². The van der Waals surface area contributed by atoms with Crippen molar-refractivity contribution in [1.82, 2.24) is 5.32 Å². The van der Waals surface area contributed by atoms with E-state index in [1.54, 1.807) is 0 Å². The van der Waals surface area contributed by atoms with Crippen LogP contribution in [0.1, 0.15) is 25.8 Å². The third-order valence-corrected chi connectivity index (χ3v) is 2.70. The molecular weight excluding hydrogens is 254 g/mol. The number of carbonyl (C=O) groups is 1. The molecule has 0 fully saturated rings. The van der Waals surface area contributed by atoms with Crippen molar-refractivity contribution in [3.05, 3.63) is 29.3 Å². The molecule has 6 heteroatoms. The van der Waals surface area contributed by atoms with Gasteiger partial charge in [-0.15, -0.1) is 0 Å². The first kappa shape index (κ1) is 15.4. The fourth-order valence-electron chi connectivity index (χ4n) is 1.72. The van der Waals surface area contributed by atoms with Crippen molar-refractivity contribution < 1.29 is 18.7 Å². The van der Waals surface area contributed by atoms with Gasteiger partial charge in [-0.25, -0.2) is 8.78 Å². The van der Waals surface area contributed by atoms with Gasteiger partial charge in [0.2, 0.25) is 0 Å². The van der Waals surface area contributed by atoms with Crippen LogP contribution in [0.15, 0.2) is 12.1 Å². The molecule has 0 aliphatic heterocycles. The van der Waals surface area contributed by atoms with Crippen molar-refractivity contribution >= 4 is 11.7 Å². The zero-order valence-corrected chi connectivity index (χ0v) is 10.9. The maximum Gasteiger partial charge on any atom is 0.320 e. The number of carboxylic acid groups (broad SMARTS) is 1. The van der Waals surface area contributed by atoms with Crippen molar-refractivity contribution in [1.29, 1.82) is 0 Å². The molecule has 19 heavy (non-hydrogen) atoms. The highest BCUT2D eigenvalue weighted by atomic mass is 19.1. The predicted octanol–water partition coefficient (Wildman–Crippen LogP) is 2.14. The summed E-state index contributed by atoms with van der Waals surface area (Å²) in [7, 11) is 0. The number of aliphatic carboxylic acids is 1. The second kappa shape index (κ2) is 6.47. The molecular formula is C13H18F2N2O2. The summed E-state index contributed by atoms with van der Waals surface area (Å²) in [6.07, 6.45) is 0.440. The van der Waals surface area contributed by atoms with Crippen LogP contribution in [0.2, 0.25) is 0 Å². The second-order valence-corrected chi connectivity index (χ2v) is 4.87. The van der Waals surface area contributed by atoms with Crippen LogP contribution in [0, 0.1) is 17.6 Å². The molecule has 1 atom stereocenters. The zero-order valence-electron chi connectivity index (χ0n) is 10.9. The molecule has 0 saturated carbocycles. The summed E-state index contributed by atoms with van der Waals surface area (Å²) < 4.78 is 26.4. The smallest absolute Gasteiger partial charge is 0.320 e. The van der Waals surface area contributed by atoms with Crippen molar-refractivity contribution in [2.24, 2.45) is 5.92 Å². The minimum atomic E-state index is -0.981. The molecule has 1 rings (SSSR count). The van der Waals surface area contributed by atoms with Crippen LogP contribution < -0.4 is 11.1 Å².